The second kappa shape index (κ2) is 10.9. The maximum Gasteiger partial charge on any atom is 0.335 e. The molecule has 1 amide bonds. The largest absolute Gasteiger partial charge is 0.497 e. The van der Waals surface area contributed by atoms with Crippen LogP contribution >= 0.6 is 0 Å². The van der Waals surface area contributed by atoms with E-state index in [2.05, 4.69) is 23.5 Å². The highest BCUT2D eigenvalue weighted by atomic mass is 16.5. The van der Waals surface area contributed by atoms with E-state index >= 15 is 0 Å². The van der Waals surface area contributed by atoms with Crippen molar-refractivity contribution >= 4 is 28.6 Å². The summed E-state index contributed by atoms with van der Waals surface area (Å²) < 4.78 is 5.25. The fourth-order valence-corrected chi connectivity index (χ4v) is 2.30. The Morgan fingerprint density at radius 3 is 2.14 bits per heavy atom. The van der Waals surface area contributed by atoms with Crippen LogP contribution in [0.4, 0.5) is 0 Å². The Kier molecular flexibility index (Phi) is 8.86. The van der Waals surface area contributed by atoms with E-state index in [9.17, 15) is 14.4 Å². The summed E-state index contributed by atoms with van der Waals surface area (Å²) in [6.07, 6.45) is -3.71. The number of rotatable bonds is 7. The molecule has 2 atom stereocenters. The van der Waals surface area contributed by atoms with Crippen LogP contribution < -0.4 is 10.1 Å². The molecule has 0 aliphatic heterocycles. The average Bonchev–Trinajstić information content (AvgIpc) is 2.66. The van der Waals surface area contributed by atoms with E-state index in [1.54, 1.807) is 7.11 Å². The number of aliphatic carboxylic acids is 2. The number of benzene rings is 2. The third kappa shape index (κ3) is 6.86. The highest BCUT2D eigenvalue weighted by molar-refractivity contribution is 5.87. The van der Waals surface area contributed by atoms with Gasteiger partial charge in [-0.3, -0.25) is 4.79 Å². The zero-order chi connectivity index (χ0) is 21.3. The van der Waals surface area contributed by atoms with Crippen LogP contribution in [-0.4, -0.2) is 64.1 Å². The first kappa shape index (κ1) is 22.9. The van der Waals surface area contributed by atoms with Gasteiger partial charge in [-0.2, -0.15) is 0 Å². The SMILES string of the molecule is COc1ccc2cccc(CCNC(C)=O)c2c1.O=C(O)[C@H](O)[C@@H](O)C(=O)O. The number of ether oxygens (including phenoxy) is 1. The van der Waals surface area contributed by atoms with Crippen molar-refractivity contribution in [2.24, 2.45) is 0 Å². The summed E-state index contributed by atoms with van der Waals surface area (Å²) in [5.41, 5.74) is 1.22. The van der Waals surface area contributed by atoms with Crippen LogP contribution in [0.2, 0.25) is 0 Å². The predicted molar refractivity (Wildman–Crippen MR) is 100 cm³/mol. The Bertz CT molecular complexity index is 818. The maximum atomic E-state index is 10.9. The Balaban J connectivity index is 0.000000336. The lowest BCUT2D eigenvalue weighted by molar-refractivity contribution is -0.165. The summed E-state index contributed by atoms with van der Waals surface area (Å²) >= 11 is 0. The van der Waals surface area contributed by atoms with Crippen molar-refractivity contribution in [3.05, 3.63) is 42.0 Å². The molecule has 9 heteroatoms. The van der Waals surface area contributed by atoms with Gasteiger partial charge in [-0.25, -0.2) is 9.59 Å². The van der Waals surface area contributed by atoms with Crippen molar-refractivity contribution in [1.29, 1.82) is 0 Å². The van der Waals surface area contributed by atoms with Crippen LogP contribution in [0.1, 0.15) is 12.5 Å². The molecule has 9 nitrogen and oxygen atoms in total. The van der Waals surface area contributed by atoms with E-state index in [-0.39, 0.29) is 5.91 Å². The van der Waals surface area contributed by atoms with Crippen molar-refractivity contribution in [3.63, 3.8) is 0 Å². The van der Waals surface area contributed by atoms with E-state index in [0.29, 0.717) is 6.54 Å². The summed E-state index contributed by atoms with van der Waals surface area (Å²) in [5.74, 6) is -2.67. The average molecular weight is 393 g/mol. The van der Waals surface area contributed by atoms with Crippen LogP contribution in [0.3, 0.4) is 0 Å². The van der Waals surface area contributed by atoms with Crippen LogP contribution in [0.5, 0.6) is 5.75 Å². The van der Waals surface area contributed by atoms with Gasteiger partial charge in [0.2, 0.25) is 5.91 Å². The zero-order valence-corrected chi connectivity index (χ0v) is 15.5. The number of nitrogens with one attached hydrogen (secondary N) is 1. The number of aliphatic hydroxyl groups excluding tert-OH is 2. The molecule has 28 heavy (non-hydrogen) atoms. The quantitative estimate of drug-likeness (QED) is 0.453. The van der Waals surface area contributed by atoms with E-state index in [1.807, 2.05) is 18.2 Å². The highest BCUT2D eigenvalue weighted by Crippen LogP contribution is 2.24. The molecule has 0 heterocycles. The summed E-state index contributed by atoms with van der Waals surface area (Å²) in [6.45, 7) is 2.19. The third-order valence-electron chi connectivity index (χ3n) is 3.75. The van der Waals surface area contributed by atoms with Gasteiger partial charge in [-0.05, 0) is 34.9 Å². The van der Waals surface area contributed by atoms with E-state index in [1.165, 1.54) is 23.3 Å². The van der Waals surface area contributed by atoms with Gasteiger partial charge >= 0.3 is 11.9 Å². The number of hydrogen-bond acceptors (Lipinski definition) is 6. The van der Waals surface area contributed by atoms with Crippen molar-refractivity contribution < 1.29 is 39.5 Å². The number of carboxylic acid groups (broad SMARTS) is 2. The monoisotopic (exact) mass is 393 g/mol. The minimum absolute atomic E-state index is 0.00724. The molecular weight excluding hydrogens is 370 g/mol. The van der Waals surface area contributed by atoms with Crippen LogP contribution in [0.15, 0.2) is 36.4 Å². The van der Waals surface area contributed by atoms with Gasteiger partial charge in [0.1, 0.15) is 5.75 Å². The van der Waals surface area contributed by atoms with Crippen LogP contribution in [-0.2, 0) is 20.8 Å². The fourth-order valence-electron chi connectivity index (χ4n) is 2.30. The van der Waals surface area contributed by atoms with Crippen molar-refractivity contribution in [2.45, 2.75) is 25.6 Å². The van der Waals surface area contributed by atoms with Crippen molar-refractivity contribution in [2.75, 3.05) is 13.7 Å². The third-order valence-corrected chi connectivity index (χ3v) is 3.75. The number of carbonyl (C=O) groups is 3. The van der Waals surface area contributed by atoms with Crippen LogP contribution in [0.25, 0.3) is 10.8 Å². The first-order valence-electron chi connectivity index (χ1n) is 8.29. The Labute approximate surface area is 161 Å². The van der Waals surface area contributed by atoms with E-state index < -0.39 is 24.1 Å². The molecule has 0 spiro atoms. The lowest BCUT2D eigenvalue weighted by atomic mass is 10.0. The Morgan fingerprint density at radius 2 is 1.64 bits per heavy atom. The fraction of sp³-hybridized carbons (Fsp3) is 0.316. The number of methoxy groups -OCH3 is 1. The molecule has 0 aliphatic carbocycles. The maximum absolute atomic E-state index is 10.9. The molecule has 0 saturated carbocycles. The number of aliphatic hydroxyl groups is 2. The van der Waals surface area contributed by atoms with Gasteiger partial charge < -0.3 is 30.5 Å². The molecular formula is C19H23NO8. The first-order valence-corrected chi connectivity index (χ1v) is 8.29. The minimum atomic E-state index is -2.27. The van der Waals surface area contributed by atoms with Crippen molar-refractivity contribution in [1.82, 2.24) is 5.32 Å². The Morgan fingerprint density at radius 1 is 1.04 bits per heavy atom. The van der Waals surface area contributed by atoms with Crippen molar-refractivity contribution in [3.8, 4) is 5.75 Å². The molecule has 0 aliphatic rings. The number of carboxylic acids is 2. The lowest BCUT2D eigenvalue weighted by Gasteiger charge is -2.08. The Hall–Kier alpha value is -3.17. The molecule has 0 unspecified atom stereocenters. The number of amides is 1. The number of carbonyl (C=O) groups excluding carboxylic acids is 1. The number of hydrogen-bond donors (Lipinski definition) is 5. The highest BCUT2D eigenvalue weighted by Gasteiger charge is 2.29. The standard InChI is InChI=1S/C15H17NO2.C4H6O6/c1-11(17)16-9-8-13-5-3-4-12-6-7-14(18-2)10-15(12)13;5-1(3(7)8)2(6)4(9)10/h3-7,10H,8-9H2,1-2H3,(H,16,17);1-2,5-6H,(H,7,8)(H,9,10)/t;1-,2-/m.1/s1. The first-order chi connectivity index (χ1) is 13.2. The number of fused-ring (bicyclic) bond motifs is 1. The van der Waals surface area contributed by atoms with E-state index in [0.717, 1.165) is 12.2 Å². The molecule has 0 radical (unpaired) electrons. The summed E-state index contributed by atoms with van der Waals surface area (Å²) in [4.78, 5) is 30.4. The molecule has 2 aromatic carbocycles. The van der Waals surface area contributed by atoms with E-state index in [4.69, 9.17) is 25.2 Å². The lowest BCUT2D eigenvalue weighted by Crippen LogP contribution is -2.39. The molecule has 0 fully saturated rings. The zero-order valence-electron chi connectivity index (χ0n) is 15.5. The molecule has 0 saturated heterocycles. The second-order valence-electron chi connectivity index (χ2n) is 5.80. The van der Waals surface area contributed by atoms with Gasteiger partial charge in [-0.1, -0.05) is 24.3 Å². The van der Waals surface area contributed by atoms with Gasteiger partial charge in [0.15, 0.2) is 12.2 Å². The molecule has 0 aromatic heterocycles. The summed E-state index contributed by atoms with van der Waals surface area (Å²) in [7, 11) is 1.67. The minimum Gasteiger partial charge on any atom is -0.497 e. The smallest absolute Gasteiger partial charge is 0.335 e. The predicted octanol–water partition coefficient (Wildman–Crippen LogP) is 0.404. The van der Waals surface area contributed by atoms with Gasteiger partial charge in [0.05, 0.1) is 7.11 Å². The summed E-state index contributed by atoms with van der Waals surface area (Å²) in [5, 5.41) is 37.7. The molecule has 0 bridgehead atoms. The van der Waals surface area contributed by atoms with Crippen LogP contribution in [0, 0.1) is 0 Å². The molecule has 2 rings (SSSR count). The van der Waals surface area contributed by atoms with Gasteiger partial charge in [0.25, 0.3) is 0 Å². The summed E-state index contributed by atoms with van der Waals surface area (Å²) in [6, 6.07) is 12.3. The molecule has 2 aromatic rings. The van der Waals surface area contributed by atoms with Gasteiger partial charge in [-0.15, -0.1) is 0 Å². The normalized spacial score (nSPS) is 12.3. The molecule has 5 N–H and O–H groups in total. The second-order valence-corrected chi connectivity index (χ2v) is 5.80. The van der Waals surface area contributed by atoms with Gasteiger partial charge in [0, 0.05) is 13.5 Å². The molecule has 152 valence electrons. The topological polar surface area (TPSA) is 153 Å².